The highest BCUT2D eigenvalue weighted by Gasteiger charge is 2.18. The lowest BCUT2D eigenvalue weighted by molar-refractivity contribution is 0.205. The van der Waals surface area contributed by atoms with E-state index in [1.807, 2.05) is 22.9 Å². The van der Waals surface area contributed by atoms with Crippen molar-refractivity contribution in [1.82, 2.24) is 19.7 Å². The van der Waals surface area contributed by atoms with Crippen LogP contribution in [0.2, 0.25) is 0 Å². The maximum atomic E-state index is 9.26. The van der Waals surface area contributed by atoms with Gasteiger partial charge in [-0.05, 0) is 62.5 Å². The van der Waals surface area contributed by atoms with E-state index in [0.717, 1.165) is 42.8 Å². The van der Waals surface area contributed by atoms with Gasteiger partial charge in [-0.2, -0.15) is 5.10 Å². The number of nitrogens with zero attached hydrogens (tertiary/aromatic N) is 4. The van der Waals surface area contributed by atoms with Gasteiger partial charge in [-0.15, -0.1) is 0 Å². The molecule has 0 unspecified atom stereocenters. The third-order valence-electron chi connectivity index (χ3n) is 5.56. The zero-order valence-electron chi connectivity index (χ0n) is 17.2. The molecule has 1 aromatic carbocycles. The van der Waals surface area contributed by atoms with Crippen LogP contribution >= 0.6 is 0 Å². The quantitative estimate of drug-likeness (QED) is 0.629. The lowest BCUT2D eigenvalue weighted by Crippen LogP contribution is -2.28. The summed E-state index contributed by atoms with van der Waals surface area (Å²) < 4.78 is 8.02. The molecule has 3 aromatic rings. The number of likely N-dealkylation sites (tertiary alicyclic amines) is 1. The van der Waals surface area contributed by atoms with Crippen molar-refractivity contribution < 1.29 is 9.52 Å². The van der Waals surface area contributed by atoms with E-state index >= 15 is 0 Å². The van der Waals surface area contributed by atoms with Crippen molar-refractivity contribution in [2.24, 2.45) is 0 Å². The Hall–Kier alpha value is -2.44. The second-order valence-electron chi connectivity index (χ2n) is 7.86. The van der Waals surface area contributed by atoms with Crippen molar-refractivity contribution in [2.45, 2.75) is 52.1 Å². The van der Waals surface area contributed by atoms with E-state index in [1.54, 1.807) is 0 Å². The minimum absolute atomic E-state index is 0.130. The molecular weight excluding hydrogens is 364 g/mol. The monoisotopic (exact) mass is 394 g/mol. The maximum absolute atomic E-state index is 9.26. The number of aliphatic hydroxyl groups is 1. The van der Waals surface area contributed by atoms with Gasteiger partial charge in [0.15, 0.2) is 17.4 Å². The molecule has 0 radical (unpaired) electrons. The molecule has 29 heavy (non-hydrogen) atoms. The van der Waals surface area contributed by atoms with Crippen LogP contribution in [0, 0.1) is 6.92 Å². The Morgan fingerprint density at radius 2 is 1.90 bits per heavy atom. The first-order valence-electron chi connectivity index (χ1n) is 10.6. The molecule has 0 amide bonds. The summed E-state index contributed by atoms with van der Waals surface area (Å²) in [5, 5.41) is 14.0. The topological polar surface area (TPSA) is 67.3 Å². The molecule has 0 saturated carbocycles. The number of furan rings is 1. The largest absolute Gasteiger partial charge is 0.456 e. The fourth-order valence-electron chi connectivity index (χ4n) is 3.92. The van der Waals surface area contributed by atoms with E-state index in [2.05, 4.69) is 30.0 Å². The first-order chi connectivity index (χ1) is 14.2. The standard InChI is InChI=1S/C23H30N4O2/c1-18-8-3-4-9-19(18)16-22-24-23(27(25-22)14-7-15-28)21-11-10-20(29-21)17-26-12-5-2-6-13-26/h3-4,8-11,28H,2,5-7,12-17H2,1H3. The Kier molecular flexibility index (Phi) is 6.42. The van der Waals surface area contributed by atoms with Crippen molar-refractivity contribution in [1.29, 1.82) is 0 Å². The second kappa shape index (κ2) is 9.37. The predicted octanol–water partition coefficient (Wildman–Crippen LogP) is 3.81. The van der Waals surface area contributed by atoms with Crippen LogP contribution in [0.15, 0.2) is 40.8 Å². The summed E-state index contributed by atoms with van der Waals surface area (Å²) in [7, 11) is 0. The smallest absolute Gasteiger partial charge is 0.194 e. The van der Waals surface area contributed by atoms with Gasteiger partial charge in [0.1, 0.15) is 5.76 Å². The molecule has 1 fully saturated rings. The Bertz CT molecular complexity index is 925. The second-order valence-corrected chi connectivity index (χ2v) is 7.86. The molecule has 0 spiro atoms. The average Bonchev–Trinajstić information content (AvgIpc) is 3.35. The van der Waals surface area contributed by atoms with Crippen molar-refractivity contribution >= 4 is 0 Å². The zero-order valence-corrected chi connectivity index (χ0v) is 17.2. The van der Waals surface area contributed by atoms with Gasteiger partial charge < -0.3 is 9.52 Å². The van der Waals surface area contributed by atoms with Crippen LogP contribution in [0.4, 0.5) is 0 Å². The number of piperidine rings is 1. The number of aliphatic hydroxyl groups excluding tert-OH is 1. The summed E-state index contributed by atoms with van der Waals surface area (Å²) in [6.07, 6.45) is 5.20. The van der Waals surface area contributed by atoms with Crippen LogP contribution in [0.25, 0.3) is 11.6 Å². The van der Waals surface area contributed by atoms with Crippen molar-refractivity contribution in [2.75, 3.05) is 19.7 Å². The Morgan fingerprint density at radius 3 is 2.69 bits per heavy atom. The third kappa shape index (κ3) is 4.95. The first kappa shape index (κ1) is 19.9. The van der Waals surface area contributed by atoms with Gasteiger partial charge in [-0.1, -0.05) is 30.7 Å². The Labute approximate surface area is 172 Å². The summed E-state index contributed by atoms with van der Waals surface area (Å²) in [5.41, 5.74) is 2.46. The molecular formula is C23H30N4O2. The van der Waals surface area contributed by atoms with Crippen LogP contribution in [-0.4, -0.2) is 44.5 Å². The summed E-state index contributed by atoms with van der Waals surface area (Å²) >= 11 is 0. The van der Waals surface area contributed by atoms with E-state index < -0.39 is 0 Å². The number of aromatic nitrogens is 3. The van der Waals surface area contributed by atoms with E-state index in [4.69, 9.17) is 14.5 Å². The molecule has 154 valence electrons. The van der Waals surface area contributed by atoms with Crippen molar-refractivity contribution in [3.8, 4) is 11.6 Å². The lowest BCUT2D eigenvalue weighted by atomic mass is 10.1. The highest BCUT2D eigenvalue weighted by atomic mass is 16.3. The number of hydrogen-bond acceptors (Lipinski definition) is 5. The number of rotatable bonds is 8. The SMILES string of the molecule is Cc1ccccc1Cc1nc(-c2ccc(CN3CCCCC3)o2)n(CCCO)n1. The minimum atomic E-state index is 0.130. The van der Waals surface area contributed by atoms with Crippen LogP contribution in [0.1, 0.15) is 48.4 Å². The fourth-order valence-corrected chi connectivity index (χ4v) is 3.92. The predicted molar refractivity (Wildman–Crippen MR) is 113 cm³/mol. The molecule has 1 saturated heterocycles. The zero-order chi connectivity index (χ0) is 20.1. The van der Waals surface area contributed by atoms with Gasteiger partial charge in [0.2, 0.25) is 0 Å². The van der Waals surface area contributed by atoms with Gasteiger partial charge in [0, 0.05) is 19.6 Å². The molecule has 4 rings (SSSR count). The van der Waals surface area contributed by atoms with Crippen LogP contribution in [0.3, 0.4) is 0 Å². The summed E-state index contributed by atoms with van der Waals surface area (Å²) in [4.78, 5) is 7.24. The van der Waals surface area contributed by atoms with E-state index in [1.165, 1.54) is 30.4 Å². The van der Waals surface area contributed by atoms with Gasteiger partial charge >= 0.3 is 0 Å². The van der Waals surface area contributed by atoms with Crippen LogP contribution < -0.4 is 0 Å². The molecule has 3 heterocycles. The van der Waals surface area contributed by atoms with Gasteiger partial charge in [0.25, 0.3) is 0 Å². The first-order valence-corrected chi connectivity index (χ1v) is 10.6. The van der Waals surface area contributed by atoms with Gasteiger partial charge in [-0.25, -0.2) is 9.67 Å². The highest BCUT2D eigenvalue weighted by molar-refractivity contribution is 5.48. The van der Waals surface area contributed by atoms with E-state index in [9.17, 15) is 5.11 Å². The Morgan fingerprint density at radius 1 is 1.07 bits per heavy atom. The molecule has 0 atom stereocenters. The van der Waals surface area contributed by atoms with Crippen molar-refractivity contribution in [3.05, 3.63) is 59.1 Å². The van der Waals surface area contributed by atoms with E-state index in [0.29, 0.717) is 19.4 Å². The van der Waals surface area contributed by atoms with Gasteiger partial charge in [-0.3, -0.25) is 4.90 Å². The highest BCUT2D eigenvalue weighted by Crippen LogP contribution is 2.24. The lowest BCUT2D eigenvalue weighted by Gasteiger charge is -2.25. The Balaban J connectivity index is 1.55. The summed E-state index contributed by atoms with van der Waals surface area (Å²) in [6, 6.07) is 12.4. The normalized spacial score (nSPS) is 15.1. The molecule has 6 heteroatoms. The molecule has 6 nitrogen and oxygen atoms in total. The molecule has 0 aliphatic carbocycles. The average molecular weight is 395 g/mol. The maximum Gasteiger partial charge on any atom is 0.194 e. The van der Waals surface area contributed by atoms with Crippen molar-refractivity contribution in [3.63, 3.8) is 0 Å². The molecule has 0 bridgehead atoms. The minimum Gasteiger partial charge on any atom is -0.456 e. The van der Waals surface area contributed by atoms with E-state index in [-0.39, 0.29) is 6.61 Å². The van der Waals surface area contributed by atoms with Gasteiger partial charge in [0.05, 0.1) is 6.54 Å². The summed E-state index contributed by atoms with van der Waals surface area (Å²) in [6.45, 7) is 5.99. The third-order valence-corrected chi connectivity index (χ3v) is 5.56. The number of aryl methyl sites for hydroxylation is 2. The van der Waals surface area contributed by atoms with Crippen LogP contribution in [-0.2, 0) is 19.5 Å². The number of benzene rings is 1. The molecule has 1 aliphatic heterocycles. The summed E-state index contributed by atoms with van der Waals surface area (Å²) in [5.74, 6) is 3.24. The molecule has 2 aromatic heterocycles. The number of hydrogen-bond donors (Lipinski definition) is 1. The fraction of sp³-hybridized carbons (Fsp3) is 0.478. The molecule has 1 N–H and O–H groups in total. The van der Waals surface area contributed by atoms with Crippen LogP contribution in [0.5, 0.6) is 0 Å². The molecule has 1 aliphatic rings.